The van der Waals surface area contributed by atoms with Crippen molar-refractivity contribution in [2.45, 2.75) is 33.7 Å². The Morgan fingerprint density at radius 1 is 1.25 bits per heavy atom. The fourth-order valence-electron chi connectivity index (χ4n) is 2.82. The summed E-state index contributed by atoms with van der Waals surface area (Å²) in [6.45, 7) is 6.14. The first-order valence-electron chi connectivity index (χ1n) is 7.77. The van der Waals surface area contributed by atoms with E-state index in [4.69, 9.17) is 0 Å². The lowest BCUT2D eigenvalue weighted by molar-refractivity contribution is -0.116. The second-order valence-electron chi connectivity index (χ2n) is 5.88. The van der Waals surface area contributed by atoms with E-state index in [-0.39, 0.29) is 17.9 Å². The van der Waals surface area contributed by atoms with Crippen LogP contribution < -0.4 is 10.9 Å². The predicted octanol–water partition coefficient (Wildman–Crippen LogP) is 3.41. The minimum Gasteiger partial charge on any atom is -0.307 e. The molecule has 0 atom stereocenters. The summed E-state index contributed by atoms with van der Waals surface area (Å²) < 4.78 is 1.68. The number of para-hydroxylation sites is 1. The minimum atomic E-state index is -0.140. The molecule has 0 aliphatic carbocycles. The molecule has 5 nitrogen and oxygen atoms in total. The molecule has 0 fully saturated rings. The molecule has 3 aromatic rings. The summed E-state index contributed by atoms with van der Waals surface area (Å²) in [5.41, 5.74) is 3.70. The second kappa shape index (κ2) is 6.57. The summed E-state index contributed by atoms with van der Waals surface area (Å²) in [5, 5.41) is 6.30. The van der Waals surface area contributed by atoms with Crippen LogP contribution in [0, 0.1) is 20.8 Å². The molecule has 1 N–H and O–H groups in total. The van der Waals surface area contributed by atoms with Crippen LogP contribution in [0.5, 0.6) is 0 Å². The summed E-state index contributed by atoms with van der Waals surface area (Å²) in [4.78, 5) is 28.8. The number of thiazole rings is 1. The largest absolute Gasteiger partial charge is 0.307 e. The Hall–Kier alpha value is -2.47. The highest BCUT2D eigenvalue weighted by Crippen LogP contribution is 2.20. The molecule has 0 saturated heterocycles. The van der Waals surface area contributed by atoms with E-state index < -0.39 is 0 Å². The van der Waals surface area contributed by atoms with Crippen molar-refractivity contribution in [3.63, 3.8) is 0 Å². The number of nitrogens with zero attached hydrogens (tertiary/aromatic N) is 2. The number of anilines is 1. The number of fused-ring (bicyclic) bond motifs is 1. The Morgan fingerprint density at radius 3 is 2.75 bits per heavy atom. The van der Waals surface area contributed by atoms with Crippen molar-refractivity contribution in [2.75, 3.05) is 5.32 Å². The van der Waals surface area contributed by atoms with Gasteiger partial charge in [-0.3, -0.25) is 9.59 Å². The number of aromatic nitrogens is 2. The smallest absolute Gasteiger partial charge is 0.251 e. The normalized spacial score (nSPS) is 11.0. The third-order valence-electron chi connectivity index (χ3n) is 3.97. The van der Waals surface area contributed by atoms with E-state index in [1.54, 1.807) is 10.6 Å². The van der Waals surface area contributed by atoms with Crippen LogP contribution >= 0.6 is 11.3 Å². The lowest BCUT2D eigenvalue weighted by Crippen LogP contribution is -2.24. The number of carbonyl (C=O) groups excluding carboxylic acids is 1. The number of nitrogens with one attached hydrogen (secondary N) is 1. The lowest BCUT2D eigenvalue weighted by Gasteiger charge is -2.14. The van der Waals surface area contributed by atoms with Crippen molar-refractivity contribution in [1.29, 1.82) is 0 Å². The molecule has 0 unspecified atom stereocenters. The zero-order chi connectivity index (χ0) is 17.3. The molecule has 0 bridgehead atoms. The predicted molar refractivity (Wildman–Crippen MR) is 97.8 cm³/mol. The number of amides is 1. The maximum atomic E-state index is 12.4. The Bertz CT molecular complexity index is 972. The molecule has 6 heteroatoms. The van der Waals surface area contributed by atoms with E-state index in [1.165, 1.54) is 11.3 Å². The Kier molecular flexibility index (Phi) is 4.49. The van der Waals surface area contributed by atoms with Gasteiger partial charge in [-0.25, -0.2) is 4.98 Å². The fraction of sp³-hybridized carbons (Fsp3) is 0.278. The van der Waals surface area contributed by atoms with E-state index in [2.05, 4.69) is 10.3 Å². The number of carbonyl (C=O) groups is 1. The van der Waals surface area contributed by atoms with Crippen LogP contribution in [0.25, 0.3) is 10.9 Å². The van der Waals surface area contributed by atoms with Gasteiger partial charge in [-0.1, -0.05) is 18.2 Å². The number of hydrogen-bond donors (Lipinski definition) is 1. The van der Waals surface area contributed by atoms with E-state index in [0.717, 1.165) is 27.7 Å². The SMILES string of the molecule is Cc1csc(NC(=O)CCn2c(=O)cc(C)c3cccc(C)c32)n1. The van der Waals surface area contributed by atoms with E-state index in [0.29, 0.717) is 11.7 Å². The van der Waals surface area contributed by atoms with Crippen molar-refractivity contribution >= 4 is 33.3 Å². The number of rotatable bonds is 4. The molecular weight excluding hydrogens is 322 g/mol. The molecule has 2 aromatic heterocycles. The van der Waals surface area contributed by atoms with E-state index in [1.807, 2.05) is 44.4 Å². The Labute approximate surface area is 144 Å². The Morgan fingerprint density at radius 2 is 2.04 bits per heavy atom. The van der Waals surface area contributed by atoms with E-state index >= 15 is 0 Å². The standard InChI is InChI=1S/C18H19N3O2S/c1-11-5-4-6-14-12(2)9-16(23)21(17(11)14)8-7-15(22)20-18-19-13(3)10-24-18/h4-6,9-10H,7-8H2,1-3H3,(H,19,20,22). The quantitative estimate of drug-likeness (QED) is 0.791. The first-order chi connectivity index (χ1) is 11.5. The molecular formula is C18H19N3O2S. The van der Waals surface area contributed by atoms with Crippen molar-refractivity contribution < 1.29 is 4.79 Å². The van der Waals surface area contributed by atoms with Gasteiger partial charge in [-0.15, -0.1) is 11.3 Å². The van der Waals surface area contributed by atoms with Crippen LogP contribution in [0.2, 0.25) is 0 Å². The zero-order valence-corrected chi connectivity index (χ0v) is 14.7. The van der Waals surface area contributed by atoms with Crippen LogP contribution in [0.4, 0.5) is 5.13 Å². The van der Waals surface area contributed by atoms with Gasteiger partial charge in [-0.05, 0) is 31.9 Å². The van der Waals surface area contributed by atoms with Gasteiger partial charge in [0.25, 0.3) is 5.56 Å². The number of benzene rings is 1. The fourth-order valence-corrected chi connectivity index (χ4v) is 3.52. The van der Waals surface area contributed by atoms with Crippen molar-refractivity contribution in [1.82, 2.24) is 9.55 Å². The summed E-state index contributed by atoms with van der Waals surface area (Å²) in [5.74, 6) is -0.140. The first-order valence-corrected chi connectivity index (χ1v) is 8.65. The highest BCUT2D eigenvalue weighted by molar-refractivity contribution is 7.13. The van der Waals surface area contributed by atoms with Gasteiger partial charge in [0.05, 0.1) is 11.2 Å². The maximum absolute atomic E-state index is 12.4. The topological polar surface area (TPSA) is 64.0 Å². The highest BCUT2D eigenvalue weighted by atomic mass is 32.1. The molecule has 124 valence electrons. The second-order valence-corrected chi connectivity index (χ2v) is 6.74. The summed E-state index contributed by atoms with van der Waals surface area (Å²) >= 11 is 1.40. The van der Waals surface area contributed by atoms with Crippen molar-refractivity contribution in [3.05, 3.63) is 56.8 Å². The van der Waals surface area contributed by atoms with Gasteiger partial charge in [0.2, 0.25) is 5.91 Å². The molecule has 0 aliphatic rings. The average molecular weight is 341 g/mol. The van der Waals surface area contributed by atoms with Gasteiger partial charge in [-0.2, -0.15) is 0 Å². The molecule has 0 saturated carbocycles. The van der Waals surface area contributed by atoms with Gasteiger partial charge < -0.3 is 9.88 Å². The molecule has 1 amide bonds. The van der Waals surface area contributed by atoms with Gasteiger partial charge in [0, 0.05) is 29.8 Å². The number of pyridine rings is 1. The molecule has 0 spiro atoms. The summed E-state index contributed by atoms with van der Waals surface area (Å²) in [6, 6.07) is 7.60. The monoisotopic (exact) mass is 341 g/mol. The molecule has 24 heavy (non-hydrogen) atoms. The van der Waals surface area contributed by atoms with Crippen LogP contribution in [-0.4, -0.2) is 15.5 Å². The molecule has 3 rings (SSSR count). The lowest BCUT2D eigenvalue weighted by atomic mass is 10.1. The third-order valence-corrected chi connectivity index (χ3v) is 4.84. The first kappa shape index (κ1) is 16.4. The minimum absolute atomic E-state index is 0.0767. The molecule has 0 radical (unpaired) electrons. The summed E-state index contributed by atoms with van der Waals surface area (Å²) in [6.07, 6.45) is 0.227. The molecule has 2 heterocycles. The third kappa shape index (κ3) is 3.23. The van der Waals surface area contributed by atoms with Crippen LogP contribution in [0.3, 0.4) is 0 Å². The summed E-state index contributed by atoms with van der Waals surface area (Å²) in [7, 11) is 0. The number of aryl methyl sites for hydroxylation is 4. The van der Waals surface area contributed by atoms with E-state index in [9.17, 15) is 9.59 Å². The molecule has 1 aromatic carbocycles. The average Bonchev–Trinajstić information content (AvgIpc) is 2.92. The maximum Gasteiger partial charge on any atom is 0.251 e. The Balaban J connectivity index is 1.85. The van der Waals surface area contributed by atoms with Gasteiger partial charge in [0.15, 0.2) is 5.13 Å². The van der Waals surface area contributed by atoms with Gasteiger partial charge >= 0.3 is 0 Å². The van der Waals surface area contributed by atoms with Crippen LogP contribution in [0.15, 0.2) is 34.4 Å². The zero-order valence-electron chi connectivity index (χ0n) is 13.9. The van der Waals surface area contributed by atoms with Crippen LogP contribution in [0.1, 0.15) is 23.2 Å². The molecule has 0 aliphatic heterocycles. The van der Waals surface area contributed by atoms with Crippen molar-refractivity contribution in [2.24, 2.45) is 0 Å². The van der Waals surface area contributed by atoms with Crippen LogP contribution in [-0.2, 0) is 11.3 Å². The van der Waals surface area contributed by atoms with Crippen molar-refractivity contribution in [3.8, 4) is 0 Å². The highest BCUT2D eigenvalue weighted by Gasteiger charge is 2.11. The number of hydrogen-bond acceptors (Lipinski definition) is 4. The van der Waals surface area contributed by atoms with Gasteiger partial charge in [0.1, 0.15) is 0 Å².